The van der Waals surface area contributed by atoms with E-state index in [4.69, 9.17) is 5.73 Å². The van der Waals surface area contributed by atoms with Crippen LogP contribution in [0.25, 0.3) is 6.08 Å². The lowest BCUT2D eigenvalue weighted by molar-refractivity contribution is -0.142. The summed E-state index contributed by atoms with van der Waals surface area (Å²) in [5.74, 6) is 5.04. The first-order chi connectivity index (χ1) is 12.6. The molecule has 1 amide bonds. The zero-order valence-corrected chi connectivity index (χ0v) is 14.4. The van der Waals surface area contributed by atoms with Gasteiger partial charge in [-0.1, -0.05) is 42.2 Å². The summed E-state index contributed by atoms with van der Waals surface area (Å²) in [4.78, 5) is 23.6. The van der Waals surface area contributed by atoms with Crippen molar-refractivity contribution in [1.29, 1.82) is 0 Å². The number of allylic oxidation sites excluding steroid dienone is 1. The van der Waals surface area contributed by atoms with E-state index in [1.54, 1.807) is 30.3 Å². The third-order valence-electron chi connectivity index (χ3n) is 3.55. The molecule has 0 saturated carbocycles. The van der Waals surface area contributed by atoms with Crippen molar-refractivity contribution < 1.29 is 14.3 Å². The van der Waals surface area contributed by atoms with Crippen molar-refractivity contribution in [1.82, 2.24) is 5.32 Å². The zero-order valence-electron chi connectivity index (χ0n) is 14.4. The molecule has 132 valence electrons. The molecule has 0 radical (unpaired) electrons. The van der Waals surface area contributed by atoms with Crippen LogP contribution in [0.15, 0.2) is 60.7 Å². The van der Waals surface area contributed by atoms with Crippen LogP contribution in [0.5, 0.6) is 0 Å². The lowest BCUT2D eigenvalue weighted by atomic mass is 10.1. The molecule has 0 saturated heterocycles. The summed E-state index contributed by atoms with van der Waals surface area (Å²) in [7, 11) is 1.25. The SMILES string of the molecule is COC(=O)[C@H](CN)NC(=O)c1ccc(/C=C/C#Cc2ccccc2)cc1. The fraction of sp³-hybridized carbons (Fsp3) is 0.143. The van der Waals surface area contributed by atoms with Gasteiger partial charge in [0, 0.05) is 17.7 Å². The van der Waals surface area contributed by atoms with Crippen LogP contribution in [0.2, 0.25) is 0 Å². The minimum absolute atomic E-state index is 0.0285. The van der Waals surface area contributed by atoms with Gasteiger partial charge in [-0.3, -0.25) is 4.79 Å². The zero-order chi connectivity index (χ0) is 18.8. The molecule has 0 spiro atoms. The molecule has 0 aliphatic rings. The minimum Gasteiger partial charge on any atom is -0.467 e. The highest BCUT2D eigenvalue weighted by molar-refractivity contribution is 5.97. The molecule has 0 aromatic heterocycles. The van der Waals surface area contributed by atoms with Gasteiger partial charge in [0.05, 0.1) is 7.11 Å². The number of hydrogen-bond donors (Lipinski definition) is 2. The topological polar surface area (TPSA) is 81.4 Å². The average Bonchev–Trinajstić information content (AvgIpc) is 2.70. The molecule has 5 heteroatoms. The number of hydrogen-bond acceptors (Lipinski definition) is 4. The average molecular weight is 348 g/mol. The summed E-state index contributed by atoms with van der Waals surface area (Å²) in [6.07, 6.45) is 3.61. The number of amides is 1. The Kier molecular flexibility index (Phi) is 7.17. The van der Waals surface area contributed by atoms with Crippen LogP contribution in [0.3, 0.4) is 0 Å². The van der Waals surface area contributed by atoms with Crippen LogP contribution in [0.1, 0.15) is 21.5 Å². The van der Waals surface area contributed by atoms with Gasteiger partial charge < -0.3 is 15.8 Å². The Hall–Kier alpha value is -3.36. The fourth-order valence-electron chi connectivity index (χ4n) is 2.13. The van der Waals surface area contributed by atoms with E-state index in [1.807, 2.05) is 36.4 Å². The largest absolute Gasteiger partial charge is 0.467 e. The number of benzene rings is 2. The van der Waals surface area contributed by atoms with E-state index in [1.165, 1.54) is 7.11 Å². The van der Waals surface area contributed by atoms with E-state index >= 15 is 0 Å². The van der Waals surface area contributed by atoms with E-state index in [0.717, 1.165) is 11.1 Å². The number of esters is 1. The Labute approximate surface area is 152 Å². The summed E-state index contributed by atoms with van der Waals surface area (Å²) in [6.45, 7) is -0.0285. The van der Waals surface area contributed by atoms with Crippen molar-refractivity contribution >= 4 is 18.0 Å². The van der Waals surface area contributed by atoms with Gasteiger partial charge in [-0.05, 0) is 42.0 Å². The first kappa shape index (κ1) is 19.0. The number of rotatable bonds is 5. The first-order valence-electron chi connectivity index (χ1n) is 8.06. The molecular formula is C21H20N2O3. The van der Waals surface area contributed by atoms with Crippen molar-refractivity contribution in [2.75, 3.05) is 13.7 Å². The second kappa shape index (κ2) is 9.82. The maximum Gasteiger partial charge on any atom is 0.329 e. The van der Waals surface area contributed by atoms with Crippen molar-refractivity contribution in [2.24, 2.45) is 5.73 Å². The first-order valence-corrected chi connectivity index (χ1v) is 8.06. The highest BCUT2D eigenvalue weighted by Gasteiger charge is 2.20. The van der Waals surface area contributed by atoms with Gasteiger partial charge in [-0.2, -0.15) is 0 Å². The molecule has 0 unspecified atom stereocenters. The molecule has 3 N–H and O–H groups in total. The van der Waals surface area contributed by atoms with Crippen LogP contribution in [0.4, 0.5) is 0 Å². The number of nitrogens with one attached hydrogen (secondary N) is 1. The van der Waals surface area contributed by atoms with Gasteiger partial charge in [0.25, 0.3) is 5.91 Å². The number of carbonyl (C=O) groups is 2. The highest BCUT2D eigenvalue weighted by atomic mass is 16.5. The number of methoxy groups -OCH3 is 1. The second-order valence-corrected chi connectivity index (χ2v) is 5.38. The minimum atomic E-state index is -0.861. The second-order valence-electron chi connectivity index (χ2n) is 5.38. The molecule has 0 bridgehead atoms. The molecule has 2 aromatic carbocycles. The van der Waals surface area contributed by atoms with E-state index in [2.05, 4.69) is 21.9 Å². The van der Waals surface area contributed by atoms with Crippen molar-refractivity contribution in [3.05, 3.63) is 77.4 Å². The summed E-state index contributed by atoms with van der Waals surface area (Å²) >= 11 is 0. The summed E-state index contributed by atoms with van der Waals surface area (Å²) < 4.78 is 4.59. The molecule has 0 heterocycles. The van der Waals surface area contributed by atoms with Gasteiger partial charge in [0.1, 0.15) is 6.04 Å². The molecule has 0 aliphatic heterocycles. The predicted molar refractivity (Wildman–Crippen MR) is 101 cm³/mol. The van der Waals surface area contributed by atoms with Gasteiger partial charge >= 0.3 is 5.97 Å². The molecule has 0 aliphatic carbocycles. The Morgan fingerprint density at radius 1 is 1.15 bits per heavy atom. The maximum absolute atomic E-state index is 12.1. The fourth-order valence-corrected chi connectivity index (χ4v) is 2.13. The number of ether oxygens (including phenoxy) is 1. The molecule has 2 aromatic rings. The van der Waals surface area contributed by atoms with Crippen LogP contribution in [-0.4, -0.2) is 31.6 Å². The Morgan fingerprint density at radius 2 is 1.85 bits per heavy atom. The lowest BCUT2D eigenvalue weighted by Crippen LogP contribution is -2.46. The molecular weight excluding hydrogens is 328 g/mol. The third-order valence-corrected chi connectivity index (χ3v) is 3.55. The number of carbonyl (C=O) groups excluding carboxylic acids is 2. The van der Waals surface area contributed by atoms with Crippen molar-refractivity contribution in [3.63, 3.8) is 0 Å². The van der Waals surface area contributed by atoms with Gasteiger partial charge in [-0.25, -0.2) is 4.79 Å². The van der Waals surface area contributed by atoms with Crippen molar-refractivity contribution in [2.45, 2.75) is 6.04 Å². The van der Waals surface area contributed by atoms with E-state index in [-0.39, 0.29) is 12.5 Å². The highest BCUT2D eigenvalue weighted by Crippen LogP contribution is 2.07. The van der Waals surface area contributed by atoms with Crippen LogP contribution in [-0.2, 0) is 9.53 Å². The third kappa shape index (κ3) is 5.62. The Morgan fingerprint density at radius 3 is 2.46 bits per heavy atom. The normalized spacial score (nSPS) is 11.3. The van der Waals surface area contributed by atoms with Crippen molar-refractivity contribution in [3.8, 4) is 11.8 Å². The monoisotopic (exact) mass is 348 g/mol. The molecule has 0 fully saturated rings. The maximum atomic E-state index is 12.1. The summed E-state index contributed by atoms with van der Waals surface area (Å²) in [5, 5.41) is 2.54. The number of nitrogens with two attached hydrogens (primary N) is 1. The van der Waals surface area contributed by atoms with Gasteiger partial charge in [0.15, 0.2) is 0 Å². The lowest BCUT2D eigenvalue weighted by Gasteiger charge is -2.14. The standard InChI is InChI=1S/C21H20N2O3/c1-26-21(25)19(15-22)23-20(24)18-13-11-17(12-14-18)10-6-5-9-16-7-3-2-4-8-16/h2-4,6-8,10-14,19H,15,22H2,1H3,(H,23,24)/b10-6+/t19-/m0/s1. The van der Waals surface area contributed by atoms with Crippen LogP contribution >= 0.6 is 0 Å². The predicted octanol–water partition coefficient (Wildman–Crippen LogP) is 1.98. The molecule has 2 rings (SSSR count). The van der Waals surface area contributed by atoms with E-state index in [9.17, 15) is 9.59 Å². The molecule has 26 heavy (non-hydrogen) atoms. The molecule has 5 nitrogen and oxygen atoms in total. The van der Waals surface area contributed by atoms with E-state index < -0.39 is 12.0 Å². The molecule has 1 atom stereocenters. The van der Waals surface area contributed by atoms with Crippen LogP contribution < -0.4 is 11.1 Å². The smallest absolute Gasteiger partial charge is 0.329 e. The summed E-state index contributed by atoms with van der Waals surface area (Å²) in [6, 6.07) is 15.8. The van der Waals surface area contributed by atoms with Gasteiger partial charge in [0.2, 0.25) is 0 Å². The summed E-state index contributed by atoms with van der Waals surface area (Å²) in [5.41, 5.74) is 7.76. The van der Waals surface area contributed by atoms with E-state index in [0.29, 0.717) is 5.56 Å². The van der Waals surface area contributed by atoms with Gasteiger partial charge in [-0.15, -0.1) is 0 Å². The Balaban J connectivity index is 1.97. The Bertz CT molecular complexity index is 831. The van der Waals surface area contributed by atoms with Crippen LogP contribution in [0, 0.1) is 11.8 Å². The quantitative estimate of drug-likeness (QED) is 0.639.